The molecule has 0 unspecified atom stereocenters. The summed E-state index contributed by atoms with van der Waals surface area (Å²) in [6.45, 7) is 2.05. The summed E-state index contributed by atoms with van der Waals surface area (Å²) in [5, 5.41) is 8.78. The van der Waals surface area contributed by atoms with E-state index in [0.29, 0.717) is 12.5 Å². The molecule has 1 aromatic heterocycles. The summed E-state index contributed by atoms with van der Waals surface area (Å²) in [5.41, 5.74) is 0.0923. The van der Waals surface area contributed by atoms with E-state index in [9.17, 15) is 13.2 Å². The number of carbonyl (C=O) groups is 1. The predicted molar refractivity (Wildman–Crippen MR) is 61.4 cm³/mol. The van der Waals surface area contributed by atoms with Gasteiger partial charge in [0.2, 0.25) is 0 Å². The molecule has 2 N–H and O–H groups in total. The van der Waals surface area contributed by atoms with E-state index in [1.54, 1.807) is 0 Å². The molecule has 1 heterocycles. The maximum atomic E-state index is 11.7. The maximum Gasteiger partial charge on any atom is 0.273 e. The van der Waals surface area contributed by atoms with Crippen LogP contribution >= 0.6 is 10.7 Å². The van der Waals surface area contributed by atoms with Crippen molar-refractivity contribution in [3.63, 3.8) is 0 Å². The molecule has 1 fully saturated rings. The number of hydrogen-bond donors (Lipinski definition) is 2. The summed E-state index contributed by atoms with van der Waals surface area (Å²) in [5.74, 6) is -0.00415. The van der Waals surface area contributed by atoms with Gasteiger partial charge in [-0.15, -0.1) is 0 Å². The van der Waals surface area contributed by atoms with Gasteiger partial charge in [0.15, 0.2) is 5.69 Å². The van der Waals surface area contributed by atoms with Crippen LogP contribution in [0.15, 0.2) is 4.90 Å². The van der Waals surface area contributed by atoms with Gasteiger partial charge in [0, 0.05) is 17.2 Å². The molecular formula is C9H12ClN3O3S. The van der Waals surface area contributed by atoms with E-state index in [2.05, 4.69) is 15.5 Å². The number of amides is 1. The number of nitrogens with one attached hydrogen (secondary N) is 2. The van der Waals surface area contributed by atoms with Crippen molar-refractivity contribution >= 4 is 25.6 Å². The lowest BCUT2D eigenvalue weighted by atomic mass is 10.3. The lowest BCUT2D eigenvalue weighted by molar-refractivity contribution is 0.0943. The van der Waals surface area contributed by atoms with Crippen LogP contribution in [-0.2, 0) is 9.05 Å². The number of hydrogen-bond acceptors (Lipinski definition) is 4. The van der Waals surface area contributed by atoms with Crippen molar-refractivity contribution in [3.05, 3.63) is 11.4 Å². The molecule has 0 aliphatic heterocycles. The van der Waals surface area contributed by atoms with Crippen molar-refractivity contribution in [1.82, 2.24) is 15.5 Å². The number of rotatable bonds is 4. The third kappa shape index (κ3) is 2.78. The van der Waals surface area contributed by atoms with Gasteiger partial charge in [-0.1, -0.05) is 0 Å². The Morgan fingerprint density at radius 2 is 2.24 bits per heavy atom. The minimum atomic E-state index is -3.97. The molecule has 0 radical (unpaired) electrons. The Balaban J connectivity index is 2.22. The van der Waals surface area contributed by atoms with Crippen molar-refractivity contribution in [2.24, 2.45) is 5.92 Å². The zero-order valence-electron chi connectivity index (χ0n) is 9.16. The molecule has 0 spiro atoms. The van der Waals surface area contributed by atoms with Gasteiger partial charge in [-0.05, 0) is 25.7 Å². The molecule has 17 heavy (non-hydrogen) atoms. The van der Waals surface area contributed by atoms with E-state index in [-0.39, 0.29) is 16.3 Å². The zero-order valence-corrected chi connectivity index (χ0v) is 10.7. The van der Waals surface area contributed by atoms with Gasteiger partial charge in [-0.2, -0.15) is 5.10 Å². The van der Waals surface area contributed by atoms with Gasteiger partial charge in [-0.25, -0.2) is 8.42 Å². The van der Waals surface area contributed by atoms with Gasteiger partial charge >= 0.3 is 0 Å². The number of aryl methyl sites for hydroxylation is 1. The lowest BCUT2D eigenvalue weighted by Gasteiger charge is -2.02. The van der Waals surface area contributed by atoms with Gasteiger partial charge in [0.25, 0.3) is 15.0 Å². The molecule has 0 saturated heterocycles. The topological polar surface area (TPSA) is 91.9 Å². The van der Waals surface area contributed by atoms with E-state index in [1.165, 1.54) is 6.92 Å². The average molecular weight is 278 g/mol. The van der Waals surface area contributed by atoms with Gasteiger partial charge in [-0.3, -0.25) is 9.89 Å². The number of carbonyl (C=O) groups excluding carboxylic acids is 1. The summed E-state index contributed by atoms with van der Waals surface area (Å²) < 4.78 is 22.6. The van der Waals surface area contributed by atoms with Crippen molar-refractivity contribution in [3.8, 4) is 0 Å². The Hall–Kier alpha value is -1.08. The molecule has 0 bridgehead atoms. The smallest absolute Gasteiger partial charge is 0.273 e. The number of aromatic amines is 1. The molecule has 6 nitrogen and oxygen atoms in total. The van der Waals surface area contributed by atoms with Crippen molar-refractivity contribution in [1.29, 1.82) is 0 Å². The fourth-order valence-electron chi connectivity index (χ4n) is 1.51. The Kier molecular flexibility index (Phi) is 3.13. The molecule has 94 valence electrons. The van der Waals surface area contributed by atoms with E-state index >= 15 is 0 Å². The summed E-state index contributed by atoms with van der Waals surface area (Å²) in [7, 11) is 1.29. The van der Waals surface area contributed by atoms with Crippen LogP contribution in [0.3, 0.4) is 0 Å². The zero-order chi connectivity index (χ0) is 12.6. The van der Waals surface area contributed by atoms with Crippen LogP contribution in [0.25, 0.3) is 0 Å². The number of halogens is 1. The minimum Gasteiger partial charge on any atom is -0.350 e. The van der Waals surface area contributed by atoms with Crippen LogP contribution in [0.5, 0.6) is 0 Å². The molecular weight excluding hydrogens is 266 g/mol. The largest absolute Gasteiger partial charge is 0.350 e. The van der Waals surface area contributed by atoms with Crippen LogP contribution in [0.1, 0.15) is 29.0 Å². The SMILES string of the molecule is Cc1[nH]nc(C(=O)NCC2CC2)c1S(=O)(=O)Cl. The molecule has 2 rings (SSSR count). The number of H-pyrrole nitrogens is 1. The second kappa shape index (κ2) is 4.30. The Morgan fingerprint density at radius 1 is 1.59 bits per heavy atom. The average Bonchev–Trinajstić information content (AvgIpc) is 2.95. The van der Waals surface area contributed by atoms with Crippen molar-refractivity contribution in [2.45, 2.75) is 24.7 Å². The monoisotopic (exact) mass is 277 g/mol. The number of nitrogens with zero attached hydrogens (tertiary/aromatic N) is 1. The second-order valence-electron chi connectivity index (χ2n) is 4.12. The Morgan fingerprint density at radius 3 is 2.76 bits per heavy atom. The van der Waals surface area contributed by atoms with Gasteiger partial charge in [0.1, 0.15) is 4.90 Å². The van der Waals surface area contributed by atoms with Gasteiger partial charge in [0.05, 0.1) is 5.69 Å². The third-order valence-corrected chi connectivity index (χ3v) is 4.05. The Bertz CT molecular complexity index is 548. The summed E-state index contributed by atoms with van der Waals surface area (Å²) in [4.78, 5) is 11.5. The first-order chi connectivity index (χ1) is 7.89. The molecule has 0 aromatic carbocycles. The molecule has 0 atom stereocenters. The first-order valence-electron chi connectivity index (χ1n) is 5.17. The molecule has 1 aliphatic carbocycles. The van der Waals surface area contributed by atoms with E-state index in [0.717, 1.165) is 12.8 Å². The molecule has 1 saturated carbocycles. The fourth-order valence-corrected chi connectivity index (χ4v) is 2.86. The maximum absolute atomic E-state index is 11.7. The normalized spacial score (nSPS) is 15.9. The van der Waals surface area contributed by atoms with E-state index in [4.69, 9.17) is 10.7 Å². The minimum absolute atomic E-state index is 0.168. The molecule has 1 amide bonds. The predicted octanol–water partition coefficient (Wildman–Crippen LogP) is 0.785. The quantitative estimate of drug-likeness (QED) is 0.796. The van der Waals surface area contributed by atoms with Crippen molar-refractivity contribution < 1.29 is 13.2 Å². The highest BCUT2D eigenvalue weighted by Crippen LogP contribution is 2.28. The van der Waals surface area contributed by atoms with Crippen LogP contribution in [0.2, 0.25) is 0 Å². The third-order valence-electron chi connectivity index (χ3n) is 2.60. The number of aromatic nitrogens is 2. The van der Waals surface area contributed by atoms with Gasteiger partial charge < -0.3 is 5.32 Å². The van der Waals surface area contributed by atoms with E-state index in [1.807, 2.05) is 0 Å². The summed E-state index contributed by atoms with van der Waals surface area (Å²) >= 11 is 0. The van der Waals surface area contributed by atoms with Crippen LogP contribution in [0.4, 0.5) is 0 Å². The first-order valence-corrected chi connectivity index (χ1v) is 7.48. The van der Waals surface area contributed by atoms with Crippen LogP contribution < -0.4 is 5.32 Å². The molecule has 1 aromatic rings. The highest BCUT2D eigenvalue weighted by atomic mass is 35.7. The standard InChI is InChI=1S/C9H12ClN3O3S/c1-5-8(17(10,15)16)7(13-12-5)9(14)11-4-6-2-3-6/h6H,2-4H2,1H3,(H,11,14)(H,12,13). The van der Waals surface area contributed by atoms with E-state index < -0.39 is 15.0 Å². The second-order valence-corrected chi connectivity index (χ2v) is 6.62. The Labute approximate surface area is 103 Å². The summed E-state index contributed by atoms with van der Waals surface area (Å²) in [6, 6.07) is 0. The van der Waals surface area contributed by atoms with Crippen LogP contribution in [0, 0.1) is 12.8 Å². The van der Waals surface area contributed by atoms with Crippen LogP contribution in [-0.4, -0.2) is 31.1 Å². The fraction of sp³-hybridized carbons (Fsp3) is 0.556. The molecule has 1 aliphatic rings. The molecule has 8 heteroatoms. The summed E-state index contributed by atoms with van der Waals surface area (Å²) in [6.07, 6.45) is 2.20. The first kappa shape index (κ1) is 12.4. The highest BCUT2D eigenvalue weighted by molar-refractivity contribution is 8.13. The highest BCUT2D eigenvalue weighted by Gasteiger charge is 2.28. The lowest BCUT2D eigenvalue weighted by Crippen LogP contribution is -2.27. The van der Waals surface area contributed by atoms with Crippen molar-refractivity contribution in [2.75, 3.05) is 6.54 Å².